The Bertz CT molecular complexity index is 649. The molecule has 130 valence electrons. The molecule has 0 aliphatic rings. The van der Waals surface area contributed by atoms with Crippen LogP contribution in [0.5, 0.6) is 0 Å². The predicted octanol–water partition coefficient (Wildman–Crippen LogP) is 2.47. The van der Waals surface area contributed by atoms with Gasteiger partial charge in [0.15, 0.2) is 0 Å². The molecular weight excluding hydrogens is 304 g/mol. The molecule has 1 heterocycles. The highest BCUT2D eigenvalue weighted by molar-refractivity contribution is 5.76. The third-order valence-corrected chi connectivity index (χ3v) is 3.98. The van der Waals surface area contributed by atoms with Gasteiger partial charge in [0.1, 0.15) is 0 Å². The average Bonchev–Trinajstić information content (AvgIpc) is 3.06. The van der Waals surface area contributed by atoms with Gasteiger partial charge in [-0.15, -0.1) is 0 Å². The van der Waals surface area contributed by atoms with E-state index in [1.165, 1.54) is 5.56 Å². The highest BCUT2D eigenvalue weighted by Crippen LogP contribution is 2.20. The van der Waals surface area contributed by atoms with Crippen molar-refractivity contribution in [3.05, 3.63) is 35.7 Å². The molecule has 6 heteroatoms. The SMILES string of the molecule is CNCCN(C)C(=O)CCc1nc(-c2ccc(C(C)C)cc2)no1. The fraction of sp³-hybridized carbons (Fsp3) is 0.500. The second-order valence-electron chi connectivity index (χ2n) is 6.21. The molecule has 1 amide bonds. The lowest BCUT2D eigenvalue weighted by molar-refractivity contribution is -0.129. The standard InChI is InChI=1S/C18H26N4O2/c1-13(2)14-5-7-15(8-6-14)18-20-16(24-21-18)9-10-17(23)22(4)12-11-19-3/h5-8,13,19H,9-12H2,1-4H3. The molecule has 0 radical (unpaired) electrons. The first kappa shape index (κ1) is 18.1. The minimum atomic E-state index is 0.0753. The summed E-state index contributed by atoms with van der Waals surface area (Å²) >= 11 is 0. The molecular formula is C18H26N4O2. The summed E-state index contributed by atoms with van der Waals surface area (Å²) in [5.74, 6) is 1.63. The van der Waals surface area contributed by atoms with Crippen LogP contribution in [0.15, 0.2) is 28.8 Å². The van der Waals surface area contributed by atoms with Gasteiger partial charge in [0, 0.05) is 38.5 Å². The molecule has 1 N–H and O–H groups in total. The lowest BCUT2D eigenvalue weighted by Crippen LogP contribution is -2.32. The van der Waals surface area contributed by atoms with E-state index in [4.69, 9.17) is 4.52 Å². The molecule has 0 saturated heterocycles. The maximum Gasteiger partial charge on any atom is 0.227 e. The van der Waals surface area contributed by atoms with Crippen molar-refractivity contribution in [2.75, 3.05) is 27.2 Å². The lowest BCUT2D eigenvalue weighted by Gasteiger charge is -2.16. The number of hydrogen-bond donors (Lipinski definition) is 1. The van der Waals surface area contributed by atoms with Crippen LogP contribution in [0.4, 0.5) is 0 Å². The number of aryl methyl sites for hydroxylation is 1. The zero-order chi connectivity index (χ0) is 17.5. The van der Waals surface area contributed by atoms with Crippen molar-refractivity contribution in [2.45, 2.75) is 32.6 Å². The highest BCUT2D eigenvalue weighted by atomic mass is 16.5. The minimum absolute atomic E-state index is 0.0753. The van der Waals surface area contributed by atoms with Crippen LogP contribution in [0, 0.1) is 0 Å². The Hall–Kier alpha value is -2.21. The number of amides is 1. The summed E-state index contributed by atoms with van der Waals surface area (Å²) in [4.78, 5) is 18.1. The van der Waals surface area contributed by atoms with Crippen LogP contribution in [0.25, 0.3) is 11.4 Å². The number of carbonyl (C=O) groups is 1. The van der Waals surface area contributed by atoms with E-state index in [1.54, 1.807) is 11.9 Å². The summed E-state index contributed by atoms with van der Waals surface area (Å²) in [7, 11) is 3.67. The number of rotatable bonds is 8. The van der Waals surface area contributed by atoms with E-state index < -0.39 is 0 Å². The van der Waals surface area contributed by atoms with Crippen LogP contribution in [-0.2, 0) is 11.2 Å². The molecule has 0 aliphatic heterocycles. The molecule has 1 aromatic heterocycles. The van der Waals surface area contributed by atoms with E-state index in [0.29, 0.717) is 37.0 Å². The van der Waals surface area contributed by atoms with Gasteiger partial charge in [0.05, 0.1) is 0 Å². The molecule has 0 saturated carbocycles. The van der Waals surface area contributed by atoms with Crippen molar-refractivity contribution >= 4 is 5.91 Å². The van der Waals surface area contributed by atoms with Crippen molar-refractivity contribution in [3.63, 3.8) is 0 Å². The summed E-state index contributed by atoms with van der Waals surface area (Å²) in [6, 6.07) is 8.16. The fourth-order valence-corrected chi connectivity index (χ4v) is 2.30. The first-order chi connectivity index (χ1) is 11.5. The Morgan fingerprint density at radius 1 is 1.29 bits per heavy atom. The van der Waals surface area contributed by atoms with E-state index in [1.807, 2.05) is 19.2 Å². The molecule has 0 bridgehead atoms. The van der Waals surface area contributed by atoms with Gasteiger partial charge in [0.2, 0.25) is 17.6 Å². The number of aromatic nitrogens is 2. The smallest absolute Gasteiger partial charge is 0.227 e. The number of carbonyl (C=O) groups excluding carboxylic acids is 1. The predicted molar refractivity (Wildman–Crippen MR) is 93.7 cm³/mol. The molecule has 2 aromatic rings. The van der Waals surface area contributed by atoms with Crippen LogP contribution < -0.4 is 5.32 Å². The van der Waals surface area contributed by atoms with Crippen molar-refractivity contribution in [1.29, 1.82) is 0 Å². The van der Waals surface area contributed by atoms with Crippen LogP contribution >= 0.6 is 0 Å². The summed E-state index contributed by atoms with van der Waals surface area (Å²) in [5, 5.41) is 7.04. The summed E-state index contributed by atoms with van der Waals surface area (Å²) < 4.78 is 5.26. The van der Waals surface area contributed by atoms with Crippen LogP contribution in [0.2, 0.25) is 0 Å². The molecule has 6 nitrogen and oxygen atoms in total. The zero-order valence-corrected chi connectivity index (χ0v) is 14.9. The number of nitrogens with one attached hydrogen (secondary N) is 1. The number of likely N-dealkylation sites (N-methyl/N-ethyl adjacent to an activating group) is 2. The molecule has 0 unspecified atom stereocenters. The first-order valence-electron chi connectivity index (χ1n) is 8.32. The first-order valence-corrected chi connectivity index (χ1v) is 8.32. The van der Waals surface area contributed by atoms with E-state index in [0.717, 1.165) is 12.1 Å². The largest absolute Gasteiger partial charge is 0.344 e. The topological polar surface area (TPSA) is 71.3 Å². The molecule has 2 rings (SSSR count). The van der Waals surface area contributed by atoms with E-state index in [2.05, 4.69) is 41.4 Å². The summed E-state index contributed by atoms with van der Waals surface area (Å²) in [6.07, 6.45) is 0.827. The van der Waals surface area contributed by atoms with Gasteiger partial charge in [-0.05, 0) is 18.5 Å². The Labute approximate surface area is 143 Å². The molecule has 0 spiro atoms. The van der Waals surface area contributed by atoms with Gasteiger partial charge in [-0.3, -0.25) is 4.79 Å². The molecule has 0 atom stereocenters. The quantitative estimate of drug-likeness (QED) is 0.805. The second kappa shape index (κ2) is 8.59. The van der Waals surface area contributed by atoms with Crippen LogP contribution in [0.1, 0.15) is 37.6 Å². The van der Waals surface area contributed by atoms with E-state index >= 15 is 0 Å². The monoisotopic (exact) mass is 330 g/mol. The number of benzene rings is 1. The normalized spacial score (nSPS) is 11.0. The highest BCUT2D eigenvalue weighted by Gasteiger charge is 2.13. The van der Waals surface area contributed by atoms with Crippen LogP contribution in [0.3, 0.4) is 0 Å². The summed E-state index contributed by atoms with van der Waals surface area (Å²) in [6.45, 7) is 5.78. The Balaban J connectivity index is 1.92. The third-order valence-electron chi connectivity index (χ3n) is 3.98. The fourth-order valence-electron chi connectivity index (χ4n) is 2.30. The van der Waals surface area contributed by atoms with Gasteiger partial charge in [-0.1, -0.05) is 43.3 Å². The van der Waals surface area contributed by atoms with Crippen molar-refractivity contribution in [2.24, 2.45) is 0 Å². The van der Waals surface area contributed by atoms with Gasteiger partial charge in [0.25, 0.3) is 0 Å². The van der Waals surface area contributed by atoms with E-state index in [9.17, 15) is 4.79 Å². The second-order valence-corrected chi connectivity index (χ2v) is 6.21. The number of nitrogens with zero attached hydrogens (tertiary/aromatic N) is 3. The molecule has 1 aromatic carbocycles. The average molecular weight is 330 g/mol. The Morgan fingerprint density at radius 3 is 2.62 bits per heavy atom. The minimum Gasteiger partial charge on any atom is -0.344 e. The molecule has 0 fully saturated rings. The maximum absolute atomic E-state index is 12.0. The van der Waals surface area contributed by atoms with Crippen LogP contribution in [-0.4, -0.2) is 48.1 Å². The van der Waals surface area contributed by atoms with Crippen molar-refractivity contribution < 1.29 is 9.32 Å². The van der Waals surface area contributed by atoms with Gasteiger partial charge < -0.3 is 14.7 Å². The van der Waals surface area contributed by atoms with Gasteiger partial charge in [-0.2, -0.15) is 4.98 Å². The Kier molecular flexibility index (Phi) is 6.49. The summed E-state index contributed by atoms with van der Waals surface area (Å²) in [5.41, 5.74) is 2.20. The molecule has 0 aliphatic carbocycles. The third kappa shape index (κ3) is 4.89. The van der Waals surface area contributed by atoms with Gasteiger partial charge in [-0.25, -0.2) is 0 Å². The maximum atomic E-state index is 12.0. The zero-order valence-electron chi connectivity index (χ0n) is 14.9. The van der Waals surface area contributed by atoms with Gasteiger partial charge >= 0.3 is 0 Å². The molecule has 24 heavy (non-hydrogen) atoms. The van der Waals surface area contributed by atoms with Crippen molar-refractivity contribution in [3.8, 4) is 11.4 Å². The lowest BCUT2D eigenvalue weighted by atomic mass is 10.0. The Morgan fingerprint density at radius 2 is 2.00 bits per heavy atom. The number of hydrogen-bond acceptors (Lipinski definition) is 5. The van der Waals surface area contributed by atoms with E-state index in [-0.39, 0.29) is 5.91 Å². The van der Waals surface area contributed by atoms with Crippen molar-refractivity contribution in [1.82, 2.24) is 20.4 Å².